The first-order valence-corrected chi connectivity index (χ1v) is 13.9. The van der Waals surface area contributed by atoms with Crippen LogP contribution in [0.4, 0.5) is 11.4 Å². The molecule has 0 amide bonds. The van der Waals surface area contributed by atoms with Gasteiger partial charge in [-0.15, -0.1) is 11.3 Å². The van der Waals surface area contributed by atoms with Crippen LogP contribution in [0, 0.1) is 0 Å². The van der Waals surface area contributed by atoms with Crippen molar-refractivity contribution >= 4 is 64.8 Å². The number of furan rings is 1. The Kier molecular flexibility index (Phi) is 5.04. The van der Waals surface area contributed by atoms with Crippen LogP contribution in [0.2, 0.25) is 0 Å². The molecule has 0 radical (unpaired) electrons. The molecule has 2 heterocycles. The van der Waals surface area contributed by atoms with E-state index >= 15 is 0 Å². The van der Waals surface area contributed by atoms with Gasteiger partial charge in [0.2, 0.25) is 0 Å². The standard InChI is InChI=1S/C36H23NOS/c1-3-10-23(11-4-1)25-18-19-29-32(22-25)38-35-26(24-12-5-2-6-13-24)20-21-30(34(29)35)37-31-16-9-15-28-27-14-7-8-17-33(27)39-36(28)31/h1-22,37H. The van der Waals surface area contributed by atoms with Crippen molar-refractivity contribution < 1.29 is 4.42 Å². The van der Waals surface area contributed by atoms with E-state index < -0.39 is 0 Å². The maximum Gasteiger partial charge on any atom is 0.145 e. The third-order valence-corrected chi connectivity index (χ3v) is 8.71. The first-order valence-electron chi connectivity index (χ1n) is 13.1. The van der Waals surface area contributed by atoms with Crippen molar-refractivity contribution in [2.24, 2.45) is 0 Å². The summed E-state index contributed by atoms with van der Waals surface area (Å²) in [6.07, 6.45) is 0. The third kappa shape index (κ3) is 3.63. The molecule has 6 aromatic carbocycles. The molecule has 0 bridgehead atoms. The van der Waals surface area contributed by atoms with Crippen LogP contribution in [0.3, 0.4) is 0 Å². The van der Waals surface area contributed by atoms with Crippen molar-refractivity contribution in [2.45, 2.75) is 0 Å². The maximum absolute atomic E-state index is 6.68. The summed E-state index contributed by atoms with van der Waals surface area (Å²) in [4.78, 5) is 0. The molecule has 0 spiro atoms. The summed E-state index contributed by atoms with van der Waals surface area (Å²) >= 11 is 1.83. The van der Waals surface area contributed by atoms with Crippen LogP contribution in [-0.2, 0) is 0 Å². The van der Waals surface area contributed by atoms with Gasteiger partial charge < -0.3 is 9.73 Å². The fourth-order valence-corrected chi connectivity index (χ4v) is 6.80. The monoisotopic (exact) mass is 517 g/mol. The molecule has 1 N–H and O–H groups in total. The average Bonchev–Trinajstić information content (AvgIpc) is 3.58. The van der Waals surface area contributed by atoms with E-state index in [9.17, 15) is 0 Å². The molecule has 0 unspecified atom stereocenters. The molecular formula is C36H23NOS. The molecule has 3 heteroatoms. The number of hydrogen-bond donors (Lipinski definition) is 1. The topological polar surface area (TPSA) is 25.2 Å². The Bertz CT molecular complexity index is 2140. The predicted molar refractivity (Wildman–Crippen MR) is 167 cm³/mol. The van der Waals surface area contributed by atoms with E-state index in [1.54, 1.807) is 0 Å². The number of hydrogen-bond acceptors (Lipinski definition) is 3. The minimum atomic E-state index is 0.887. The second-order valence-electron chi connectivity index (χ2n) is 9.82. The summed E-state index contributed by atoms with van der Waals surface area (Å²) < 4.78 is 9.24. The number of nitrogens with one attached hydrogen (secondary N) is 1. The minimum Gasteiger partial charge on any atom is -0.455 e. The molecule has 2 nitrogen and oxygen atoms in total. The van der Waals surface area contributed by atoms with Crippen molar-refractivity contribution in [2.75, 3.05) is 5.32 Å². The number of thiophene rings is 1. The highest BCUT2D eigenvalue weighted by Crippen LogP contribution is 2.44. The van der Waals surface area contributed by atoms with Crippen LogP contribution < -0.4 is 5.32 Å². The highest BCUT2D eigenvalue weighted by atomic mass is 32.1. The Balaban J connectivity index is 1.36. The fourth-order valence-electron chi connectivity index (χ4n) is 5.63. The quantitative estimate of drug-likeness (QED) is 0.251. The van der Waals surface area contributed by atoms with E-state index in [1.165, 1.54) is 25.7 Å². The van der Waals surface area contributed by atoms with Gasteiger partial charge in [0, 0.05) is 26.4 Å². The Morgan fingerprint density at radius 3 is 2.10 bits per heavy atom. The molecule has 0 saturated heterocycles. The third-order valence-electron chi connectivity index (χ3n) is 7.49. The predicted octanol–water partition coefficient (Wildman–Crippen LogP) is 11.0. The molecule has 0 aliphatic rings. The number of rotatable bonds is 4. The maximum atomic E-state index is 6.68. The zero-order valence-corrected chi connectivity index (χ0v) is 21.8. The van der Waals surface area contributed by atoms with Gasteiger partial charge in [-0.05, 0) is 53.1 Å². The van der Waals surface area contributed by atoms with Crippen LogP contribution >= 0.6 is 11.3 Å². The van der Waals surface area contributed by atoms with Gasteiger partial charge in [-0.3, -0.25) is 0 Å². The first kappa shape index (κ1) is 22.2. The van der Waals surface area contributed by atoms with E-state index in [1.807, 2.05) is 23.5 Å². The van der Waals surface area contributed by atoms with Crippen molar-refractivity contribution in [3.63, 3.8) is 0 Å². The highest BCUT2D eigenvalue weighted by Gasteiger charge is 2.18. The highest BCUT2D eigenvalue weighted by molar-refractivity contribution is 7.26. The molecule has 0 saturated carbocycles. The van der Waals surface area contributed by atoms with E-state index in [0.29, 0.717) is 0 Å². The summed E-state index contributed by atoms with van der Waals surface area (Å²) in [6.45, 7) is 0. The summed E-state index contributed by atoms with van der Waals surface area (Å²) in [5.74, 6) is 0. The number of fused-ring (bicyclic) bond motifs is 6. The zero-order chi connectivity index (χ0) is 25.8. The summed E-state index contributed by atoms with van der Waals surface area (Å²) in [6, 6.07) is 47.0. The lowest BCUT2D eigenvalue weighted by molar-refractivity contribution is 0.670. The fraction of sp³-hybridized carbons (Fsp3) is 0. The number of anilines is 2. The van der Waals surface area contributed by atoms with Crippen molar-refractivity contribution in [3.05, 3.63) is 133 Å². The van der Waals surface area contributed by atoms with Crippen molar-refractivity contribution in [1.82, 2.24) is 0 Å². The van der Waals surface area contributed by atoms with Crippen LogP contribution in [0.5, 0.6) is 0 Å². The lowest BCUT2D eigenvalue weighted by Gasteiger charge is -2.11. The van der Waals surface area contributed by atoms with Gasteiger partial charge in [0.25, 0.3) is 0 Å². The van der Waals surface area contributed by atoms with E-state index in [-0.39, 0.29) is 0 Å². The molecule has 0 atom stereocenters. The van der Waals surface area contributed by atoms with Crippen LogP contribution in [0.1, 0.15) is 0 Å². The minimum absolute atomic E-state index is 0.887. The van der Waals surface area contributed by atoms with Crippen LogP contribution in [-0.4, -0.2) is 0 Å². The smallest absolute Gasteiger partial charge is 0.145 e. The van der Waals surface area contributed by atoms with Crippen molar-refractivity contribution in [3.8, 4) is 22.3 Å². The second-order valence-corrected chi connectivity index (χ2v) is 10.9. The largest absolute Gasteiger partial charge is 0.455 e. The Morgan fingerprint density at radius 2 is 1.26 bits per heavy atom. The Hall–Kier alpha value is -4.86. The normalized spacial score (nSPS) is 11.6. The summed E-state index contributed by atoms with van der Waals surface area (Å²) in [7, 11) is 0. The zero-order valence-electron chi connectivity index (χ0n) is 21.0. The van der Waals surface area contributed by atoms with Gasteiger partial charge >= 0.3 is 0 Å². The lowest BCUT2D eigenvalue weighted by atomic mass is 9.99. The molecule has 2 aromatic heterocycles. The van der Waals surface area contributed by atoms with Crippen LogP contribution in [0.25, 0.3) is 64.4 Å². The molecular weight excluding hydrogens is 494 g/mol. The Labute approximate surface area is 229 Å². The molecule has 8 rings (SSSR count). The van der Waals surface area contributed by atoms with Gasteiger partial charge in [0.1, 0.15) is 11.2 Å². The second kappa shape index (κ2) is 8.87. The van der Waals surface area contributed by atoms with Crippen LogP contribution in [0.15, 0.2) is 138 Å². The molecule has 0 aliphatic heterocycles. The lowest BCUT2D eigenvalue weighted by Crippen LogP contribution is -1.92. The van der Waals surface area contributed by atoms with Gasteiger partial charge in [0.05, 0.1) is 21.5 Å². The molecule has 184 valence electrons. The number of benzene rings is 6. The Morgan fingerprint density at radius 1 is 0.513 bits per heavy atom. The van der Waals surface area contributed by atoms with E-state index in [4.69, 9.17) is 4.42 Å². The first-order chi connectivity index (χ1) is 19.3. The molecule has 39 heavy (non-hydrogen) atoms. The van der Waals surface area contributed by atoms with E-state index in [0.717, 1.165) is 50.0 Å². The van der Waals surface area contributed by atoms with E-state index in [2.05, 4.69) is 127 Å². The summed E-state index contributed by atoms with van der Waals surface area (Å²) in [5, 5.41) is 8.59. The van der Waals surface area contributed by atoms with Crippen molar-refractivity contribution in [1.29, 1.82) is 0 Å². The SMILES string of the molecule is c1ccc(-c2ccc3c(c2)oc2c(-c4ccccc4)ccc(Nc4cccc5c4sc4ccccc45)c23)cc1. The molecule has 0 fully saturated rings. The molecule has 0 aliphatic carbocycles. The van der Waals surface area contributed by atoms with Gasteiger partial charge in [-0.1, -0.05) is 97.1 Å². The van der Waals surface area contributed by atoms with Gasteiger partial charge in [0.15, 0.2) is 0 Å². The average molecular weight is 518 g/mol. The molecule has 8 aromatic rings. The van der Waals surface area contributed by atoms with Gasteiger partial charge in [-0.2, -0.15) is 0 Å². The summed E-state index contributed by atoms with van der Waals surface area (Å²) in [5.41, 5.74) is 8.49. The van der Waals surface area contributed by atoms with Gasteiger partial charge in [-0.25, -0.2) is 0 Å².